The van der Waals surface area contributed by atoms with Gasteiger partial charge in [0.15, 0.2) is 0 Å². The van der Waals surface area contributed by atoms with Crippen LogP contribution < -0.4 is 0 Å². The van der Waals surface area contributed by atoms with Crippen molar-refractivity contribution in [2.24, 2.45) is 0 Å². The Kier molecular flexibility index (Phi) is 3.35. The van der Waals surface area contributed by atoms with E-state index in [0.717, 1.165) is 0 Å². The number of halogens is 3. The minimum absolute atomic E-state index is 0.192. The van der Waals surface area contributed by atoms with Gasteiger partial charge in [0.1, 0.15) is 11.4 Å². The first-order chi connectivity index (χ1) is 7.61. The van der Waals surface area contributed by atoms with Crippen LogP contribution in [0, 0.1) is 0 Å². The highest BCUT2D eigenvalue weighted by Gasteiger charge is 2.12. The molecule has 16 heavy (non-hydrogen) atoms. The lowest BCUT2D eigenvalue weighted by Gasteiger charge is -2.05. The predicted molar refractivity (Wildman–Crippen MR) is 62.3 cm³/mol. The van der Waals surface area contributed by atoms with Crippen molar-refractivity contribution >= 4 is 34.8 Å². The van der Waals surface area contributed by atoms with Gasteiger partial charge in [0.05, 0.1) is 22.8 Å². The zero-order valence-corrected chi connectivity index (χ0v) is 10.1. The molecule has 0 atom stereocenters. The molecule has 4 nitrogen and oxygen atoms in total. The number of aliphatic hydroxyl groups is 1. The summed E-state index contributed by atoms with van der Waals surface area (Å²) in [5.74, 6) is 0. The van der Waals surface area contributed by atoms with Crippen molar-refractivity contribution in [2.45, 2.75) is 6.61 Å². The van der Waals surface area contributed by atoms with Crippen molar-refractivity contribution in [1.82, 2.24) is 15.0 Å². The summed E-state index contributed by atoms with van der Waals surface area (Å²) < 4.78 is 0. The first-order valence-corrected chi connectivity index (χ1v) is 5.42. The summed E-state index contributed by atoms with van der Waals surface area (Å²) in [6.45, 7) is -0.192. The maximum Gasteiger partial charge on any atom is 0.123 e. The molecule has 0 spiro atoms. The molecule has 1 heterocycles. The first kappa shape index (κ1) is 11.7. The van der Waals surface area contributed by atoms with E-state index in [9.17, 15) is 0 Å². The highest BCUT2D eigenvalue weighted by Crippen LogP contribution is 2.31. The van der Waals surface area contributed by atoms with Crippen LogP contribution >= 0.6 is 34.8 Å². The molecule has 0 aliphatic carbocycles. The average molecular weight is 279 g/mol. The number of aliphatic hydroxyl groups excluding tert-OH is 1. The molecule has 2 aromatic rings. The molecule has 1 N–H and O–H groups in total. The molecule has 1 aromatic carbocycles. The van der Waals surface area contributed by atoms with Crippen LogP contribution in [0.25, 0.3) is 5.69 Å². The smallest absolute Gasteiger partial charge is 0.123 e. The van der Waals surface area contributed by atoms with Crippen molar-refractivity contribution in [3.05, 3.63) is 39.1 Å². The number of benzene rings is 1. The number of nitrogens with zero attached hydrogens (tertiary/aromatic N) is 3. The third-order valence-corrected chi connectivity index (χ3v) is 2.68. The fraction of sp³-hybridized carbons (Fsp3) is 0.111. The second-order valence-electron chi connectivity index (χ2n) is 3.00. The normalized spacial score (nSPS) is 10.8. The summed E-state index contributed by atoms with van der Waals surface area (Å²) >= 11 is 17.8. The van der Waals surface area contributed by atoms with E-state index < -0.39 is 0 Å². The molecule has 0 amide bonds. The minimum atomic E-state index is -0.192. The Hall–Kier alpha value is -0.810. The lowest BCUT2D eigenvalue weighted by Crippen LogP contribution is -2.01. The third-order valence-electron chi connectivity index (χ3n) is 1.88. The van der Waals surface area contributed by atoms with Gasteiger partial charge in [0.25, 0.3) is 0 Å². The molecule has 0 saturated carbocycles. The van der Waals surface area contributed by atoms with Crippen LogP contribution in [0.4, 0.5) is 0 Å². The molecule has 0 aliphatic heterocycles. The average Bonchev–Trinajstić information content (AvgIpc) is 2.64. The summed E-state index contributed by atoms with van der Waals surface area (Å²) in [6.07, 6.45) is 1.43. The van der Waals surface area contributed by atoms with Crippen LogP contribution in [0.5, 0.6) is 0 Å². The van der Waals surface area contributed by atoms with Crippen molar-refractivity contribution in [3.63, 3.8) is 0 Å². The van der Waals surface area contributed by atoms with E-state index >= 15 is 0 Å². The second-order valence-corrected chi connectivity index (χ2v) is 4.25. The highest BCUT2D eigenvalue weighted by molar-refractivity contribution is 6.40. The van der Waals surface area contributed by atoms with Crippen molar-refractivity contribution in [2.75, 3.05) is 0 Å². The lowest BCUT2D eigenvalue weighted by molar-refractivity contribution is 0.276. The Morgan fingerprint density at radius 2 is 1.81 bits per heavy atom. The molecule has 0 aliphatic rings. The molecule has 0 fully saturated rings. The van der Waals surface area contributed by atoms with Gasteiger partial charge in [-0.15, -0.1) is 4.80 Å². The topological polar surface area (TPSA) is 50.9 Å². The van der Waals surface area contributed by atoms with Crippen molar-refractivity contribution in [3.8, 4) is 5.69 Å². The van der Waals surface area contributed by atoms with Crippen molar-refractivity contribution in [1.29, 1.82) is 0 Å². The molecule has 84 valence electrons. The molecule has 2 rings (SSSR count). The zero-order valence-electron chi connectivity index (χ0n) is 7.86. The van der Waals surface area contributed by atoms with E-state index in [1.165, 1.54) is 11.0 Å². The number of hydrogen-bond acceptors (Lipinski definition) is 3. The van der Waals surface area contributed by atoms with Gasteiger partial charge in [-0.1, -0.05) is 34.8 Å². The molecular formula is C9H6Cl3N3O. The second kappa shape index (κ2) is 4.59. The Morgan fingerprint density at radius 3 is 2.31 bits per heavy atom. The van der Waals surface area contributed by atoms with Crippen LogP contribution in [0.1, 0.15) is 5.69 Å². The van der Waals surface area contributed by atoms with Crippen LogP contribution in [-0.4, -0.2) is 20.1 Å². The van der Waals surface area contributed by atoms with E-state index in [4.69, 9.17) is 39.9 Å². The van der Waals surface area contributed by atoms with Crippen LogP contribution in [0.3, 0.4) is 0 Å². The van der Waals surface area contributed by atoms with E-state index in [2.05, 4.69) is 10.2 Å². The van der Waals surface area contributed by atoms with E-state index in [1.807, 2.05) is 0 Å². The Bertz CT molecular complexity index is 503. The summed E-state index contributed by atoms with van der Waals surface area (Å²) in [7, 11) is 0. The molecular weight excluding hydrogens is 272 g/mol. The van der Waals surface area contributed by atoms with Gasteiger partial charge >= 0.3 is 0 Å². The summed E-state index contributed by atoms with van der Waals surface area (Å²) in [6, 6.07) is 3.10. The Labute approximate surface area is 106 Å². The maximum atomic E-state index is 8.88. The first-order valence-electron chi connectivity index (χ1n) is 4.29. The molecule has 7 heteroatoms. The molecule has 1 aromatic heterocycles. The minimum Gasteiger partial charge on any atom is -0.390 e. The standard InChI is InChI=1S/C9H6Cl3N3O/c10-5-1-7(11)9(8(12)2-5)15-13-3-6(4-16)14-15/h1-3,16H,4H2. The lowest BCUT2D eigenvalue weighted by atomic mass is 10.3. The third kappa shape index (κ3) is 2.15. The largest absolute Gasteiger partial charge is 0.390 e. The summed E-state index contributed by atoms with van der Waals surface area (Å²) in [4.78, 5) is 1.26. The SMILES string of the molecule is OCc1cnn(-c2c(Cl)cc(Cl)cc2Cl)n1. The predicted octanol–water partition coefficient (Wildman–Crippen LogP) is 2.72. The Balaban J connectivity index is 2.55. The van der Waals surface area contributed by atoms with Gasteiger partial charge < -0.3 is 5.11 Å². The highest BCUT2D eigenvalue weighted by atomic mass is 35.5. The van der Waals surface area contributed by atoms with Crippen LogP contribution in [0.2, 0.25) is 15.1 Å². The molecule has 0 saturated heterocycles. The molecule has 0 unspecified atom stereocenters. The fourth-order valence-electron chi connectivity index (χ4n) is 1.20. The number of aromatic nitrogens is 3. The zero-order chi connectivity index (χ0) is 11.7. The van der Waals surface area contributed by atoms with Gasteiger partial charge in [0, 0.05) is 5.02 Å². The summed E-state index contributed by atoms with van der Waals surface area (Å²) in [5.41, 5.74) is 0.870. The monoisotopic (exact) mass is 277 g/mol. The number of hydrogen-bond donors (Lipinski definition) is 1. The molecule has 0 radical (unpaired) electrons. The summed E-state index contributed by atoms with van der Waals surface area (Å²) in [5, 5.41) is 17.9. The Morgan fingerprint density at radius 1 is 1.19 bits per heavy atom. The van der Waals surface area contributed by atoms with Crippen LogP contribution in [-0.2, 0) is 6.61 Å². The van der Waals surface area contributed by atoms with Gasteiger partial charge in [-0.05, 0) is 12.1 Å². The maximum absolute atomic E-state index is 8.88. The quantitative estimate of drug-likeness (QED) is 0.919. The van der Waals surface area contributed by atoms with Crippen LogP contribution in [0.15, 0.2) is 18.3 Å². The van der Waals surface area contributed by atoms with E-state index in [-0.39, 0.29) is 6.61 Å². The fourth-order valence-corrected chi connectivity index (χ4v) is 2.17. The van der Waals surface area contributed by atoms with Gasteiger partial charge in [-0.2, -0.15) is 10.2 Å². The number of rotatable bonds is 2. The van der Waals surface area contributed by atoms with E-state index in [0.29, 0.717) is 26.4 Å². The van der Waals surface area contributed by atoms with Gasteiger partial charge in [-0.25, -0.2) is 0 Å². The van der Waals surface area contributed by atoms with E-state index in [1.54, 1.807) is 12.1 Å². The van der Waals surface area contributed by atoms with Gasteiger partial charge in [-0.3, -0.25) is 0 Å². The van der Waals surface area contributed by atoms with Crippen molar-refractivity contribution < 1.29 is 5.11 Å². The van der Waals surface area contributed by atoms with Gasteiger partial charge in [0.2, 0.25) is 0 Å². The molecule has 0 bridgehead atoms.